The van der Waals surface area contributed by atoms with Gasteiger partial charge in [0.2, 0.25) is 0 Å². The number of allylic oxidation sites excluding steroid dienone is 1. The third kappa shape index (κ3) is 2.68. The molecular formula is C14H13ClN2O. The Kier molecular flexibility index (Phi) is 3.63. The molecule has 0 aliphatic carbocycles. The first-order chi connectivity index (χ1) is 8.58. The van der Waals surface area contributed by atoms with E-state index in [2.05, 4.69) is 5.10 Å². The molecule has 3 nitrogen and oxygen atoms in total. The third-order valence-corrected chi connectivity index (χ3v) is 3.01. The van der Waals surface area contributed by atoms with Gasteiger partial charge in [0.15, 0.2) is 5.78 Å². The predicted molar refractivity (Wildman–Crippen MR) is 72.8 cm³/mol. The number of carbonyl (C=O) groups excluding carboxylic acids is 1. The first-order valence-electron chi connectivity index (χ1n) is 5.54. The zero-order valence-electron chi connectivity index (χ0n) is 10.2. The molecule has 0 N–H and O–H groups in total. The third-order valence-electron chi connectivity index (χ3n) is 2.78. The van der Waals surface area contributed by atoms with Gasteiger partial charge in [-0.15, -0.1) is 0 Å². The number of carbonyl (C=O) groups is 1. The van der Waals surface area contributed by atoms with Crippen molar-refractivity contribution in [3.8, 4) is 0 Å². The molecule has 0 unspecified atom stereocenters. The highest BCUT2D eigenvalue weighted by atomic mass is 35.5. The maximum Gasteiger partial charge on any atom is 0.189 e. The molecule has 0 amide bonds. The lowest BCUT2D eigenvalue weighted by molar-refractivity contribution is 0.104. The molecule has 4 heteroatoms. The first kappa shape index (κ1) is 12.6. The molecule has 0 aliphatic heterocycles. The maximum atomic E-state index is 12.0. The largest absolute Gasteiger partial charge is 0.289 e. The number of ketones is 1. The Hall–Kier alpha value is -1.87. The lowest BCUT2D eigenvalue weighted by Gasteiger charge is -1.96. The number of rotatable bonds is 3. The molecular weight excluding hydrogens is 248 g/mol. The van der Waals surface area contributed by atoms with E-state index in [4.69, 9.17) is 11.6 Å². The SMILES string of the molecule is Cc1c(C(=O)/C=C/c2cccc(Cl)c2)cnn1C. The summed E-state index contributed by atoms with van der Waals surface area (Å²) in [4.78, 5) is 12.0. The van der Waals surface area contributed by atoms with Gasteiger partial charge in [-0.1, -0.05) is 29.8 Å². The summed E-state index contributed by atoms with van der Waals surface area (Å²) in [5.41, 5.74) is 2.38. The summed E-state index contributed by atoms with van der Waals surface area (Å²) in [5.74, 6) is -0.0550. The Morgan fingerprint density at radius 1 is 1.44 bits per heavy atom. The average molecular weight is 261 g/mol. The van der Waals surface area contributed by atoms with Crippen LogP contribution in [0.5, 0.6) is 0 Å². The van der Waals surface area contributed by atoms with Crippen LogP contribution in [0.4, 0.5) is 0 Å². The van der Waals surface area contributed by atoms with Crippen molar-refractivity contribution in [3.05, 3.63) is 58.4 Å². The fourth-order valence-corrected chi connectivity index (χ4v) is 1.81. The smallest absolute Gasteiger partial charge is 0.189 e. The van der Waals surface area contributed by atoms with Crippen LogP contribution in [-0.2, 0) is 7.05 Å². The Labute approximate surface area is 111 Å². The monoisotopic (exact) mass is 260 g/mol. The summed E-state index contributed by atoms with van der Waals surface area (Å²) >= 11 is 5.87. The molecule has 0 bridgehead atoms. The second-order valence-electron chi connectivity index (χ2n) is 4.02. The van der Waals surface area contributed by atoms with Crippen molar-refractivity contribution >= 4 is 23.5 Å². The Balaban J connectivity index is 2.19. The number of aryl methyl sites for hydroxylation is 1. The first-order valence-corrected chi connectivity index (χ1v) is 5.92. The summed E-state index contributed by atoms with van der Waals surface area (Å²) < 4.78 is 1.68. The summed E-state index contributed by atoms with van der Waals surface area (Å²) in [6.07, 6.45) is 4.87. The highest BCUT2D eigenvalue weighted by Crippen LogP contribution is 2.13. The molecule has 0 aliphatic rings. The van der Waals surface area contributed by atoms with Crippen LogP contribution in [0, 0.1) is 6.92 Å². The van der Waals surface area contributed by atoms with Gasteiger partial charge in [0, 0.05) is 17.8 Å². The fraction of sp³-hybridized carbons (Fsp3) is 0.143. The second-order valence-corrected chi connectivity index (χ2v) is 4.46. The van der Waals surface area contributed by atoms with Crippen LogP contribution in [0.2, 0.25) is 5.02 Å². The number of hydrogen-bond acceptors (Lipinski definition) is 2. The molecule has 0 fully saturated rings. The van der Waals surface area contributed by atoms with Crippen LogP contribution in [0.15, 0.2) is 36.5 Å². The average Bonchev–Trinajstić information content (AvgIpc) is 2.67. The molecule has 1 aromatic heterocycles. The van der Waals surface area contributed by atoms with Crippen LogP contribution in [-0.4, -0.2) is 15.6 Å². The molecule has 0 saturated heterocycles. The number of nitrogens with zero attached hydrogens (tertiary/aromatic N) is 2. The van der Waals surface area contributed by atoms with Crippen molar-refractivity contribution in [2.75, 3.05) is 0 Å². The van der Waals surface area contributed by atoms with Crippen molar-refractivity contribution in [1.29, 1.82) is 0 Å². The molecule has 0 atom stereocenters. The molecule has 0 radical (unpaired) electrons. The van der Waals surface area contributed by atoms with Gasteiger partial charge in [0.05, 0.1) is 11.8 Å². The molecule has 92 valence electrons. The molecule has 2 aromatic rings. The zero-order chi connectivity index (χ0) is 13.1. The van der Waals surface area contributed by atoms with E-state index in [1.807, 2.05) is 26.1 Å². The highest BCUT2D eigenvalue weighted by molar-refractivity contribution is 6.30. The minimum atomic E-state index is -0.0550. The maximum absolute atomic E-state index is 12.0. The van der Waals surface area contributed by atoms with Gasteiger partial charge in [0.1, 0.15) is 0 Å². The van der Waals surface area contributed by atoms with Gasteiger partial charge in [0.25, 0.3) is 0 Å². The van der Waals surface area contributed by atoms with E-state index in [0.29, 0.717) is 10.6 Å². The molecule has 1 aromatic carbocycles. The van der Waals surface area contributed by atoms with E-state index in [9.17, 15) is 4.79 Å². The van der Waals surface area contributed by atoms with Gasteiger partial charge in [-0.25, -0.2) is 0 Å². The van der Waals surface area contributed by atoms with Gasteiger partial charge >= 0.3 is 0 Å². The van der Waals surface area contributed by atoms with E-state index >= 15 is 0 Å². The number of benzene rings is 1. The van der Waals surface area contributed by atoms with Crippen molar-refractivity contribution in [2.45, 2.75) is 6.92 Å². The summed E-state index contributed by atoms with van der Waals surface area (Å²) in [5, 5.41) is 4.70. The standard InChI is InChI=1S/C14H13ClN2O/c1-10-13(9-16-17(10)2)14(18)7-6-11-4-3-5-12(15)8-11/h3-9H,1-2H3/b7-6+. The normalized spacial score (nSPS) is 11.1. The quantitative estimate of drug-likeness (QED) is 0.627. The number of hydrogen-bond donors (Lipinski definition) is 0. The molecule has 0 saturated carbocycles. The molecule has 18 heavy (non-hydrogen) atoms. The fourth-order valence-electron chi connectivity index (χ4n) is 1.61. The van der Waals surface area contributed by atoms with E-state index in [-0.39, 0.29) is 5.78 Å². The topological polar surface area (TPSA) is 34.9 Å². The molecule has 2 rings (SSSR count). The van der Waals surface area contributed by atoms with Crippen molar-refractivity contribution < 1.29 is 4.79 Å². The molecule has 0 spiro atoms. The van der Waals surface area contributed by atoms with Crippen molar-refractivity contribution in [2.24, 2.45) is 7.05 Å². The van der Waals surface area contributed by atoms with Gasteiger partial charge in [-0.05, 0) is 30.7 Å². The van der Waals surface area contributed by atoms with Crippen LogP contribution >= 0.6 is 11.6 Å². The lowest BCUT2D eigenvalue weighted by Crippen LogP contribution is -1.98. The van der Waals surface area contributed by atoms with Crippen molar-refractivity contribution in [1.82, 2.24) is 9.78 Å². The number of halogens is 1. The van der Waals surface area contributed by atoms with E-state index in [1.165, 1.54) is 6.08 Å². The van der Waals surface area contributed by atoms with Crippen LogP contribution in [0.25, 0.3) is 6.08 Å². The van der Waals surface area contributed by atoms with Crippen LogP contribution in [0.3, 0.4) is 0 Å². The van der Waals surface area contributed by atoms with E-state index in [1.54, 1.807) is 29.1 Å². The summed E-state index contributed by atoms with van der Waals surface area (Å²) in [7, 11) is 1.81. The minimum Gasteiger partial charge on any atom is -0.289 e. The zero-order valence-corrected chi connectivity index (χ0v) is 11.0. The Morgan fingerprint density at radius 3 is 2.83 bits per heavy atom. The van der Waals surface area contributed by atoms with Crippen molar-refractivity contribution in [3.63, 3.8) is 0 Å². The second kappa shape index (κ2) is 5.19. The Bertz CT molecular complexity index is 614. The van der Waals surface area contributed by atoms with Gasteiger partial charge in [-0.3, -0.25) is 9.48 Å². The number of aromatic nitrogens is 2. The van der Waals surface area contributed by atoms with E-state index in [0.717, 1.165) is 11.3 Å². The summed E-state index contributed by atoms with van der Waals surface area (Å²) in [6.45, 7) is 1.87. The predicted octanol–water partition coefficient (Wildman–Crippen LogP) is 3.28. The summed E-state index contributed by atoms with van der Waals surface area (Å²) in [6, 6.07) is 7.35. The van der Waals surface area contributed by atoms with Crippen LogP contribution < -0.4 is 0 Å². The Morgan fingerprint density at radius 2 is 2.22 bits per heavy atom. The minimum absolute atomic E-state index is 0.0550. The van der Waals surface area contributed by atoms with E-state index < -0.39 is 0 Å². The highest BCUT2D eigenvalue weighted by Gasteiger charge is 2.09. The van der Waals surface area contributed by atoms with Crippen LogP contribution in [0.1, 0.15) is 21.6 Å². The molecule has 1 heterocycles. The van der Waals surface area contributed by atoms with Gasteiger partial charge in [-0.2, -0.15) is 5.10 Å². The lowest BCUT2D eigenvalue weighted by atomic mass is 10.1. The van der Waals surface area contributed by atoms with Gasteiger partial charge < -0.3 is 0 Å².